The molecule has 2 aromatic rings. The first-order valence-corrected chi connectivity index (χ1v) is 10.4. The number of nitrogens with one attached hydrogen (secondary N) is 2. The summed E-state index contributed by atoms with van der Waals surface area (Å²) in [4.78, 5) is 27.6. The Bertz CT molecular complexity index is 792. The largest absolute Gasteiger partial charge is 0.350 e. The summed E-state index contributed by atoms with van der Waals surface area (Å²) >= 11 is 0. The number of hydrogen-bond donors (Lipinski definition) is 2. The van der Waals surface area contributed by atoms with E-state index in [1.807, 2.05) is 50.2 Å². The highest BCUT2D eigenvalue weighted by atomic mass is 16.2. The van der Waals surface area contributed by atoms with Gasteiger partial charge in [-0.15, -0.1) is 0 Å². The highest BCUT2D eigenvalue weighted by Gasteiger charge is 2.29. The van der Waals surface area contributed by atoms with Crippen LogP contribution < -0.4 is 10.6 Å². The molecule has 1 aliphatic rings. The number of amides is 2. The molecule has 0 aromatic heterocycles. The first-order chi connectivity index (χ1) is 14.0. The van der Waals surface area contributed by atoms with Crippen molar-refractivity contribution in [3.05, 3.63) is 71.8 Å². The molecule has 2 N–H and O–H groups in total. The zero-order chi connectivity index (χ0) is 20.6. The van der Waals surface area contributed by atoms with Crippen molar-refractivity contribution in [1.82, 2.24) is 15.5 Å². The van der Waals surface area contributed by atoms with E-state index in [2.05, 4.69) is 39.8 Å². The molecule has 1 aliphatic heterocycles. The third-order valence-electron chi connectivity index (χ3n) is 5.34. The van der Waals surface area contributed by atoms with Crippen LogP contribution in [-0.4, -0.2) is 41.9 Å². The summed E-state index contributed by atoms with van der Waals surface area (Å²) in [6.07, 6.45) is 1.22. The lowest BCUT2D eigenvalue weighted by atomic mass is 10.0. The number of rotatable bonds is 8. The minimum absolute atomic E-state index is 0.0246. The van der Waals surface area contributed by atoms with Gasteiger partial charge in [-0.25, -0.2) is 0 Å². The van der Waals surface area contributed by atoms with Gasteiger partial charge in [-0.3, -0.25) is 14.5 Å². The second-order valence-electron chi connectivity index (χ2n) is 8.17. The number of likely N-dealkylation sites (tertiary alicyclic amines) is 1. The fourth-order valence-electron chi connectivity index (χ4n) is 3.77. The van der Waals surface area contributed by atoms with E-state index in [9.17, 15) is 9.59 Å². The molecule has 1 fully saturated rings. The van der Waals surface area contributed by atoms with E-state index in [1.165, 1.54) is 5.56 Å². The minimum Gasteiger partial charge on any atom is -0.350 e. The summed E-state index contributed by atoms with van der Waals surface area (Å²) in [5.74, 6) is -0.188. The Morgan fingerprint density at radius 3 is 2.24 bits per heavy atom. The first kappa shape index (κ1) is 21.1. The van der Waals surface area contributed by atoms with E-state index in [4.69, 9.17) is 0 Å². The molecule has 2 atom stereocenters. The van der Waals surface area contributed by atoms with Crippen LogP contribution in [0.1, 0.15) is 31.4 Å². The Morgan fingerprint density at radius 1 is 1.00 bits per heavy atom. The average molecular weight is 394 g/mol. The SMILES string of the molecule is CC(C)C(NC(=O)Cc1ccccc1)C(=O)NC1CCN(Cc2ccccc2)C1. The quantitative estimate of drug-likeness (QED) is 0.725. The Balaban J connectivity index is 1.50. The maximum Gasteiger partial charge on any atom is 0.243 e. The zero-order valence-electron chi connectivity index (χ0n) is 17.3. The normalized spacial score (nSPS) is 17.8. The van der Waals surface area contributed by atoms with Crippen LogP contribution in [0, 0.1) is 5.92 Å². The van der Waals surface area contributed by atoms with E-state index < -0.39 is 6.04 Å². The molecule has 5 nitrogen and oxygen atoms in total. The van der Waals surface area contributed by atoms with Crippen LogP contribution in [0.25, 0.3) is 0 Å². The number of benzene rings is 2. The molecule has 29 heavy (non-hydrogen) atoms. The van der Waals surface area contributed by atoms with Crippen molar-refractivity contribution in [2.45, 2.75) is 45.3 Å². The number of carbonyl (C=O) groups is 2. The molecule has 1 heterocycles. The minimum atomic E-state index is -0.519. The topological polar surface area (TPSA) is 61.4 Å². The molecule has 1 saturated heterocycles. The number of nitrogens with zero attached hydrogens (tertiary/aromatic N) is 1. The van der Waals surface area contributed by atoms with Crippen LogP contribution in [0.15, 0.2) is 60.7 Å². The summed E-state index contributed by atoms with van der Waals surface area (Å²) < 4.78 is 0. The molecule has 0 aliphatic carbocycles. The number of carbonyl (C=O) groups excluding carboxylic acids is 2. The third kappa shape index (κ3) is 6.43. The van der Waals surface area contributed by atoms with Crippen LogP contribution in [0.4, 0.5) is 0 Å². The Hall–Kier alpha value is -2.66. The molecule has 3 rings (SSSR count). The van der Waals surface area contributed by atoms with Crippen LogP contribution in [0.2, 0.25) is 0 Å². The lowest BCUT2D eigenvalue weighted by molar-refractivity contribution is -0.130. The number of hydrogen-bond acceptors (Lipinski definition) is 3. The van der Waals surface area contributed by atoms with Crippen molar-refractivity contribution in [3.8, 4) is 0 Å². The molecule has 154 valence electrons. The maximum absolute atomic E-state index is 12.8. The first-order valence-electron chi connectivity index (χ1n) is 10.4. The smallest absolute Gasteiger partial charge is 0.243 e. The van der Waals surface area contributed by atoms with E-state index in [0.717, 1.165) is 31.6 Å². The fourth-order valence-corrected chi connectivity index (χ4v) is 3.77. The van der Waals surface area contributed by atoms with Crippen molar-refractivity contribution in [3.63, 3.8) is 0 Å². The van der Waals surface area contributed by atoms with Crippen molar-refractivity contribution in [2.24, 2.45) is 5.92 Å². The highest BCUT2D eigenvalue weighted by molar-refractivity contribution is 5.88. The van der Waals surface area contributed by atoms with Gasteiger partial charge < -0.3 is 10.6 Å². The summed E-state index contributed by atoms with van der Waals surface area (Å²) in [5.41, 5.74) is 2.23. The summed E-state index contributed by atoms with van der Waals surface area (Å²) in [6, 6.07) is 19.6. The van der Waals surface area contributed by atoms with Crippen LogP contribution in [0.5, 0.6) is 0 Å². The molecule has 2 amide bonds. The van der Waals surface area contributed by atoms with E-state index >= 15 is 0 Å². The second kappa shape index (κ2) is 10.2. The molecule has 0 bridgehead atoms. The predicted octanol–water partition coefficient (Wildman–Crippen LogP) is 2.76. The Kier molecular flexibility index (Phi) is 7.42. The van der Waals surface area contributed by atoms with Crippen molar-refractivity contribution < 1.29 is 9.59 Å². The third-order valence-corrected chi connectivity index (χ3v) is 5.34. The molecular weight excluding hydrogens is 362 g/mol. The van der Waals surface area contributed by atoms with E-state index in [1.54, 1.807) is 0 Å². The molecule has 2 aromatic carbocycles. The van der Waals surface area contributed by atoms with E-state index in [0.29, 0.717) is 0 Å². The molecule has 5 heteroatoms. The zero-order valence-corrected chi connectivity index (χ0v) is 17.3. The summed E-state index contributed by atoms with van der Waals surface area (Å²) in [6.45, 7) is 6.62. The van der Waals surface area contributed by atoms with Gasteiger partial charge in [-0.05, 0) is 23.5 Å². The molecule has 0 spiro atoms. The molecule has 0 saturated carbocycles. The summed E-state index contributed by atoms with van der Waals surface area (Å²) in [7, 11) is 0. The molecule has 0 radical (unpaired) electrons. The molecule has 2 unspecified atom stereocenters. The lowest BCUT2D eigenvalue weighted by Crippen LogP contribution is -2.52. The van der Waals surface area contributed by atoms with Gasteiger partial charge in [-0.2, -0.15) is 0 Å². The van der Waals surface area contributed by atoms with Gasteiger partial charge in [0, 0.05) is 25.7 Å². The monoisotopic (exact) mass is 393 g/mol. The van der Waals surface area contributed by atoms with Gasteiger partial charge in [0.1, 0.15) is 6.04 Å². The van der Waals surface area contributed by atoms with Gasteiger partial charge in [0.25, 0.3) is 0 Å². The summed E-state index contributed by atoms with van der Waals surface area (Å²) in [5, 5.41) is 6.08. The van der Waals surface area contributed by atoms with Crippen LogP contribution in [0.3, 0.4) is 0 Å². The van der Waals surface area contributed by atoms with Crippen LogP contribution in [-0.2, 0) is 22.6 Å². The van der Waals surface area contributed by atoms with Crippen LogP contribution >= 0.6 is 0 Å². The van der Waals surface area contributed by atoms with Crippen molar-refractivity contribution in [1.29, 1.82) is 0 Å². The van der Waals surface area contributed by atoms with Gasteiger partial charge in [0.2, 0.25) is 11.8 Å². The Labute approximate surface area is 173 Å². The standard InChI is InChI=1S/C24H31N3O2/c1-18(2)23(26-22(28)15-19-9-5-3-6-10-19)24(29)25-21-13-14-27(17-21)16-20-11-7-4-8-12-20/h3-12,18,21,23H,13-17H2,1-2H3,(H,25,29)(H,26,28). The van der Waals surface area contributed by atoms with E-state index in [-0.39, 0.29) is 30.2 Å². The Morgan fingerprint density at radius 2 is 1.62 bits per heavy atom. The predicted molar refractivity (Wildman–Crippen MR) is 115 cm³/mol. The maximum atomic E-state index is 12.8. The van der Waals surface area contributed by atoms with Gasteiger partial charge in [0.05, 0.1) is 6.42 Å². The molecular formula is C24H31N3O2. The fraction of sp³-hybridized carbons (Fsp3) is 0.417. The average Bonchev–Trinajstić information content (AvgIpc) is 3.14. The van der Waals surface area contributed by atoms with Gasteiger partial charge in [0.15, 0.2) is 0 Å². The highest BCUT2D eigenvalue weighted by Crippen LogP contribution is 2.14. The van der Waals surface area contributed by atoms with Crippen molar-refractivity contribution >= 4 is 11.8 Å². The van der Waals surface area contributed by atoms with Crippen molar-refractivity contribution in [2.75, 3.05) is 13.1 Å². The van der Waals surface area contributed by atoms with Gasteiger partial charge >= 0.3 is 0 Å². The second-order valence-corrected chi connectivity index (χ2v) is 8.17. The van der Waals surface area contributed by atoms with Gasteiger partial charge in [-0.1, -0.05) is 74.5 Å². The lowest BCUT2D eigenvalue weighted by Gasteiger charge is -2.24.